The number of benzene rings is 1. The predicted octanol–water partition coefficient (Wildman–Crippen LogP) is 3.65. The van der Waals surface area contributed by atoms with Gasteiger partial charge in [0, 0.05) is 23.8 Å². The van der Waals surface area contributed by atoms with Crippen molar-refractivity contribution in [2.75, 3.05) is 6.54 Å². The molecule has 1 saturated carbocycles. The molecule has 0 spiro atoms. The number of nitrogens with two attached hydrogens (primary N) is 1. The van der Waals surface area contributed by atoms with Crippen LogP contribution in [-0.2, 0) is 0 Å². The van der Waals surface area contributed by atoms with Gasteiger partial charge in [-0.1, -0.05) is 23.2 Å². The van der Waals surface area contributed by atoms with Crippen molar-refractivity contribution in [1.82, 2.24) is 10.3 Å². The summed E-state index contributed by atoms with van der Waals surface area (Å²) in [5.74, 6) is 0.772. The van der Waals surface area contributed by atoms with E-state index in [2.05, 4.69) is 10.3 Å². The average molecular weight is 366 g/mol. The minimum Gasteiger partial charge on any atom is -0.437 e. The number of aromatic nitrogens is 1. The van der Waals surface area contributed by atoms with Gasteiger partial charge in [-0.15, -0.1) is 0 Å². The Morgan fingerprint density at radius 3 is 2.83 bits per heavy atom. The molecule has 3 N–H and O–H groups in total. The van der Waals surface area contributed by atoms with Gasteiger partial charge in [0.25, 0.3) is 5.91 Å². The van der Waals surface area contributed by atoms with Crippen molar-refractivity contribution < 1.29 is 9.53 Å². The van der Waals surface area contributed by atoms with Crippen LogP contribution in [-0.4, -0.2) is 23.5 Å². The van der Waals surface area contributed by atoms with Gasteiger partial charge in [0.05, 0.1) is 5.02 Å². The van der Waals surface area contributed by atoms with E-state index in [0.29, 0.717) is 33.8 Å². The first-order valence-electron chi connectivity index (χ1n) is 7.67. The number of halogens is 2. The number of pyridine rings is 1. The Bertz CT molecular complexity index is 750. The maximum atomic E-state index is 12.6. The molecule has 0 radical (unpaired) electrons. The van der Waals surface area contributed by atoms with E-state index >= 15 is 0 Å². The quantitative estimate of drug-likeness (QED) is 0.818. The minimum atomic E-state index is -0.259. The molecule has 1 aromatic heterocycles. The molecule has 1 aliphatic rings. The molecule has 1 unspecified atom stereocenters. The highest BCUT2D eigenvalue weighted by molar-refractivity contribution is 6.35. The van der Waals surface area contributed by atoms with Crippen LogP contribution in [0.3, 0.4) is 0 Å². The summed E-state index contributed by atoms with van der Waals surface area (Å²) >= 11 is 12.0. The van der Waals surface area contributed by atoms with Crippen LogP contribution in [0.5, 0.6) is 11.6 Å². The Balaban J connectivity index is 1.80. The molecule has 0 saturated heterocycles. The highest BCUT2D eigenvalue weighted by Crippen LogP contribution is 2.34. The lowest BCUT2D eigenvalue weighted by molar-refractivity contribution is 0.0930. The highest BCUT2D eigenvalue weighted by atomic mass is 35.5. The van der Waals surface area contributed by atoms with E-state index in [1.54, 1.807) is 36.5 Å². The molecule has 1 fully saturated rings. The van der Waals surface area contributed by atoms with Gasteiger partial charge in [0.2, 0.25) is 5.88 Å². The second kappa shape index (κ2) is 7.38. The van der Waals surface area contributed by atoms with E-state index in [-0.39, 0.29) is 17.8 Å². The van der Waals surface area contributed by atoms with Crippen LogP contribution >= 0.6 is 23.2 Å². The van der Waals surface area contributed by atoms with E-state index < -0.39 is 0 Å². The molecule has 5 nitrogen and oxygen atoms in total. The maximum absolute atomic E-state index is 12.6. The van der Waals surface area contributed by atoms with E-state index in [1.807, 2.05) is 0 Å². The number of nitrogens with one attached hydrogen (secondary N) is 1. The zero-order chi connectivity index (χ0) is 17.1. The van der Waals surface area contributed by atoms with E-state index in [4.69, 9.17) is 33.7 Å². The zero-order valence-corrected chi connectivity index (χ0v) is 14.3. The highest BCUT2D eigenvalue weighted by Gasteiger charge is 2.32. The Labute approximate surface area is 150 Å². The number of ether oxygens (including phenoxy) is 1. The Kier molecular flexibility index (Phi) is 5.23. The van der Waals surface area contributed by atoms with E-state index in [1.165, 1.54) is 0 Å². The first-order chi connectivity index (χ1) is 11.6. The second-order valence-corrected chi connectivity index (χ2v) is 6.53. The monoisotopic (exact) mass is 365 g/mol. The fourth-order valence-electron chi connectivity index (χ4n) is 2.42. The Hall–Kier alpha value is -1.82. The van der Waals surface area contributed by atoms with Crippen molar-refractivity contribution in [3.8, 4) is 11.6 Å². The van der Waals surface area contributed by atoms with Crippen LogP contribution in [0.15, 0.2) is 36.5 Å². The van der Waals surface area contributed by atoms with Gasteiger partial charge < -0.3 is 15.8 Å². The van der Waals surface area contributed by atoms with Gasteiger partial charge in [-0.3, -0.25) is 4.79 Å². The van der Waals surface area contributed by atoms with Crippen molar-refractivity contribution in [2.45, 2.75) is 18.9 Å². The molecule has 2 aromatic rings. The molecule has 1 amide bonds. The molecule has 1 atom stereocenters. The van der Waals surface area contributed by atoms with E-state index in [9.17, 15) is 4.79 Å². The van der Waals surface area contributed by atoms with Gasteiger partial charge in [0.1, 0.15) is 11.3 Å². The van der Waals surface area contributed by atoms with Crippen LogP contribution in [0.4, 0.5) is 0 Å². The van der Waals surface area contributed by atoms with E-state index in [0.717, 1.165) is 12.8 Å². The fourth-order valence-corrected chi connectivity index (χ4v) is 2.87. The molecule has 1 heterocycles. The van der Waals surface area contributed by atoms with Crippen molar-refractivity contribution in [2.24, 2.45) is 11.7 Å². The maximum Gasteiger partial charge on any atom is 0.257 e. The minimum absolute atomic E-state index is 0.0234. The SMILES string of the molecule is NCC(NC(=O)c1cccnc1Oc1ccc(Cl)cc1Cl)C1CC1. The predicted molar refractivity (Wildman–Crippen MR) is 93.8 cm³/mol. The molecule has 0 aliphatic heterocycles. The summed E-state index contributed by atoms with van der Waals surface area (Å²) in [6.07, 6.45) is 3.75. The summed E-state index contributed by atoms with van der Waals surface area (Å²) < 4.78 is 5.71. The third-order valence-electron chi connectivity index (χ3n) is 3.88. The van der Waals surface area contributed by atoms with Gasteiger partial charge in [0.15, 0.2) is 0 Å². The third-order valence-corrected chi connectivity index (χ3v) is 4.41. The molecule has 126 valence electrons. The number of hydrogen-bond acceptors (Lipinski definition) is 4. The number of amides is 1. The lowest BCUT2D eigenvalue weighted by atomic mass is 10.1. The van der Waals surface area contributed by atoms with Crippen LogP contribution in [0, 0.1) is 5.92 Å². The van der Waals surface area contributed by atoms with Crippen molar-refractivity contribution >= 4 is 29.1 Å². The number of nitrogens with zero attached hydrogens (tertiary/aromatic N) is 1. The normalized spacial score (nSPS) is 15.0. The topological polar surface area (TPSA) is 77.2 Å². The van der Waals surface area contributed by atoms with Crippen LogP contribution < -0.4 is 15.8 Å². The van der Waals surface area contributed by atoms with Gasteiger partial charge in [-0.05, 0) is 49.1 Å². The first-order valence-corrected chi connectivity index (χ1v) is 8.43. The molecular formula is C17H17Cl2N3O2. The zero-order valence-electron chi connectivity index (χ0n) is 12.8. The number of carbonyl (C=O) groups excluding carboxylic acids is 1. The lowest BCUT2D eigenvalue weighted by Gasteiger charge is -2.17. The third kappa shape index (κ3) is 3.98. The number of carbonyl (C=O) groups is 1. The summed E-state index contributed by atoms with van der Waals surface area (Å²) in [7, 11) is 0. The summed E-state index contributed by atoms with van der Waals surface area (Å²) in [5, 5.41) is 3.80. The van der Waals surface area contributed by atoms with Crippen molar-refractivity contribution in [3.63, 3.8) is 0 Å². The molecule has 7 heteroatoms. The standard InChI is InChI=1S/C17H17Cl2N3O2/c18-11-5-6-15(13(19)8-11)24-17-12(2-1-7-21-17)16(23)22-14(9-20)10-3-4-10/h1-2,5-8,10,14H,3-4,9,20H2,(H,22,23). The smallest absolute Gasteiger partial charge is 0.257 e. The second-order valence-electron chi connectivity index (χ2n) is 5.69. The van der Waals surface area contributed by atoms with Crippen LogP contribution in [0.1, 0.15) is 23.2 Å². The largest absolute Gasteiger partial charge is 0.437 e. The molecule has 3 rings (SSSR count). The van der Waals surface area contributed by atoms with Gasteiger partial charge in [-0.25, -0.2) is 4.98 Å². The van der Waals surface area contributed by atoms with Crippen LogP contribution in [0.25, 0.3) is 0 Å². The molecule has 24 heavy (non-hydrogen) atoms. The lowest BCUT2D eigenvalue weighted by Crippen LogP contribution is -2.41. The molecule has 0 bridgehead atoms. The van der Waals surface area contributed by atoms with Crippen LogP contribution in [0.2, 0.25) is 10.0 Å². The number of hydrogen-bond donors (Lipinski definition) is 2. The number of rotatable bonds is 6. The average Bonchev–Trinajstić information content (AvgIpc) is 3.40. The fraction of sp³-hybridized carbons (Fsp3) is 0.294. The molecule has 1 aliphatic carbocycles. The Morgan fingerprint density at radius 2 is 2.17 bits per heavy atom. The summed E-state index contributed by atoms with van der Waals surface area (Å²) in [6, 6.07) is 8.17. The first kappa shape index (κ1) is 17.0. The molecule has 1 aromatic carbocycles. The van der Waals surface area contributed by atoms with Crippen molar-refractivity contribution in [1.29, 1.82) is 0 Å². The summed E-state index contributed by atoms with van der Waals surface area (Å²) in [5.41, 5.74) is 6.08. The molecular weight excluding hydrogens is 349 g/mol. The summed E-state index contributed by atoms with van der Waals surface area (Å²) in [6.45, 7) is 0.413. The van der Waals surface area contributed by atoms with Gasteiger partial charge in [-0.2, -0.15) is 0 Å². The van der Waals surface area contributed by atoms with Crippen molar-refractivity contribution in [3.05, 3.63) is 52.1 Å². The summed E-state index contributed by atoms with van der Waals surface area (Å²) in [4.78, 5) is 16.7. The van der Waals surface area contributed by atoms with Gasteiger partial charge >= 0.3 is 0 Å². The Morgan fingerprint density at radius 1 is 1.38 bits per heavy atom.